The maximum absolute atomic E-state index is 2.70. The number of thioether (sulfide) groups is 1. The van der Waals surface area contributed by atoms with E-state index in [1.165, 1.54) is 56.1 Å². The van der Waals surface area contributed by atoms with Crippen LogP contribution in [-0.4, -0.2) is 10.5 Å². The van der Waals surface area contributed by atoms with Gasteiger partial charge in [-0.2, -0.15) is 0 Å². The molecule has 0 radical (unpaired) electrons. The Balaban J connectivity index is 1.20. The van der Waals surface area contributed by atoms with Crippen LogP contribution >= 0.6 is 11.8 Å². The van der Waals surface area contributed by atoms with Gasteiger partial charge in [0, 0.05) is 28.3 Å². The van der Waals surface area contributed by atoms with E-state index in [4.69, 9.17) is 0 Å². The van der Waals surface area contributed by atoms with Crippen molar-refractivity contribution in [2.45, 2.75) is 82.6 Å². The fourth-order valence-electron chi connectivity index (χ4n) is 10.6. The summed E-state index contributed by atoms with van der Waals surface area (Å²) in [6, 6.07) is 11.0. The molecule has 1 aromatic carbocycles. The standard InChI is InChI=1S/C43H50S/c1-4-29-22-25-37-35-24-23-32(30-15-7-5-8-16-30)26-38(35)44-43(37)41(29)40-28(3)33-21-13-14-27(2)39(33)42(40)36-20-12-11-19-34(36)31-17-9-6-10-18-31/h5-10,15-17,19,22-28,31,35-38,40,42-43H,4,11-14,18,20-21H2,1-3H3. The van der Waals surface area contributed by atoms with Gasteiger partial charge in [-0.25, -0.2) is 0 Å². The second-order valence-electron chi connectivity index (χ2n) is 14.7. The zero-order valence-electron chi connectivity index (χ0n) is 27.0. The lowest BCUT2D eigenvalue weighted by atomic mass is 9.62. The Morgan fingerprint density at radius 3 is 2.55 bits per heavy atom. The van der Waals surface area contributed by atoms with Crippen LogP contribution in [0, 0.1) is 47.3 Å². The van der Waals surface area contributed by atoms with Gasteiger partial charge in [0.15, 0.2) is 0 Å². The largest absolute Gasteiger partial charge is 0.145 e. The SMILES string of the molecule is CCC1=C(C2C(C)C3=C(C(C)CCC3)C2C2CCCC=C2C2C=CC=CC2)C2SC3C=C(c4ccccc4)C=CC3C2C=C1. The second-order valence-corrected chi connectivity index (χ2v) is 16.1. The molecule has 8 rings (SSSR count). The normalized spacial score (nSPS) is 39.2. The van der Waals surface area contributed by atoms with Crippen LogP contribution in [0.15, 0.2) is 119 Å². The topological polar surface area (TPSA) is 0 Å². The summed E-state index contributed by atoms with van der Waals surface area (Å²) < 4.78 is 0. The molecule has 44 heavy (non-hydrogen) atoms. The summed E-state index contributed by atoms with van der Waals surface area (Å²) in [6.45, 7) is 7.67. The summed E-state index contributed by atoms with van der Waals surface area (Å²) in [5.74, 6) is 5.23. The monoisotopic (exact) mass is 598 g/mol. The Kier molecular flexibility index (Phi) is 7.90. The Morgan fingerprint density at radius 1 is 0.864 bits per heavy atom. The second kappa shape index (κ2) is 12.0. The Bertz CT molecular complexity index is 1520. The van der Waals surface area contributed by atoms with Crippen LogP contribution in [0.25, 0.3) is 5.57 Å². The van der Waals surface area contributed by atoms with Crippen LogP contribution in [0.2, 0.25) is 0 Å². The van der Waals surface area contributed by atoms with Crippen LogP contribution in [0.4, 0.5) is 0 Å². The van der Waals surface area contributed by atoms with Crippen molar-refractivity contribution in [3.8, 4) is 0 Å². The van der Waals surface area contributed by atoms with Crippen molar-refractivity contribution in [3.63, 3.8) is 0 Å². The van der Waals surface area contributed by atoms with E-state index in [1.807, 2.05) is 16.7 Å². The van der Waals surface area contributed by atoms with Crippen molar-refractivity contribution in [3.05, 3.63) is 125 Å². The average Bonchev–Trinajstić information content (AvgIpc) is 3.60. The molecule has 0 aromatic heterocycles. The zero-order chi connectivity index (χ0) is 29.8. The van der Waals surface area contributed by atoms with E-state index >= 15 is 0 Å². The van der Waals surface area contributed by atoms with Crippen LogP contribution in [0.1, 0.15) is 77.7 Å². The number of fused-ring (bicyclic) bond motifs is 3. The van der Waals surface area contributed by atoms with E-state index in [1.54, 1.807) is 11.1 Å². The van der Waals surface area contributed by atoms with Crippen molar-refractivity contribution in [1.29, 1.82) is 0 Å². The molecule has 1 aliphatic heterocycles. The number of hydrogen-bond donors (Lipinski definition) is 0. The van der Waals surface area contributed by atoms with Crippen LogP contribution in [0.5, 0.6) is 0 Å². The Hall–Kier alpha value is -2.51. The van der Waals surface area contributed by atoms with Gasteiger partial charge in [-0.15, -0.1) is 11.8 Å². The number of hydrogen-bond acceptors (Lipinski definition) is 1. The summed E-state index contributed by atoms with van der Waals surface area (Å²) in [5.41, 5.74) is 11.9. The quantitative estimate of drug-likeness (QED) is 0.304. The highest BCUT2D eigenvalue weighted by Gasteiger charge is 2.54. The van der Waals surface area contributed by atoms with Crippen LogP contribution in [-0.2, 0) is 0 Å². The molecule has 1 heteroatoms. The molecule has 1 saturated heterocycles. The lowest BCUT2D eigenvalue weighted by Gasteiger charge is -2.43. The van der Waals surface area contributed by atoms with E-state index in [0.29, 0.717) is 51.9 Å². The highest BCUT2D eigenvalue weighted by molar-refractivity contribution is 8.01. The minimum absolute atomic E-state index is 0.557. The summed E-state index contributed by atoms with van der Waals surface area (Å²) >= 11 is 2.31. The highest BCUT2D eigenvalue weighted by Crippen LogP contribution is 2.63. The van der Waals surface area contributed by atoms with E-state index < -0.39 is 0 Å². The van der Waals surface area contributed by atoms with Crippen molar-refractivity contribution in [2.24, 2.45) is 47.3 Å². The molecule has 1 aromatic rings. The third-order valence-corrected chi connectivity index (χ3v) is 14.2. The molecular weight excluding hydrogens is 549 g/mol. The molecule has 0 nitrogen and oxygen atoms in total. The third-order valence-electron chi connectivity index (χ3n) is 12.6. The molecule has 10 unspecified atom stereocenters. The maximum atomic E-state index is 2.70. The van der Waals surface area contributed by atoms with Gasteiger partial charge in [-0.1, -0.05) is 129 Å². The van der Waals surface area contributed by atoms with Crippen molar-refractivity contribution < 1.29 is 0 Å². The van der Waals surface area contributed by atoms with Crippen LogP contribution in [0.3, 0.4) is 0 Å². The van der Waals surface area contributed by atoms with Gasteiger partial charge in [0.25, 0.3) is 0 Å². The fourth-order valence-corrected chi connectivity index (χ4v) is 12.6. The average molecular weight is 599 g/mol. The summed E-state index contributed by atoms with van der Waals surface area (Å²) in [6.07, 6.45) is 35.5. The fraction of sp³-hybridized carbons (Fsp3) is 0.488. The number of allylic oxidation sites excluding steroid dienone is 14. The van der Waals surface area contributed by atoms with Crippen LogP contribution < -0.4 is 0 Å². The molecule has 7 aliphatic rings. The van der Waals surface area contributed by atoms with Gasteiger partial charge in [0.2, 0.25) is 0 Å². The van der Waals surface area contributed by atoms with Gasteiger partial charge >= 0.3 is 0 Å². The molecule has 0 bridgehead atoms. The summed E-state index contributed by atoms with van der Waals surface area (Å²) in [4.78, 5) is 0. The Labute approximate surface area is 270 Å². The first-order valence-electron chi connectivity index (χ1n) is 17.9. The molecule has 1 heterocycles. The van der Waals surface area contributed by atoms with Crippen molar-refractivity contribution >= 4 is 17.3 Å². The van der Waals surface area contributed by atoms with Gasteiger partial charge in [-0.3, -0.25) is 0 Å². The minimum Gasteiger partial charge on any atom is -0.145 e. The van der Waals surface area contributed by atoms with E-state index in [0.717, 1.165) is 12.3 Å². The molecule has 6 aliphatic carbocycles. The molecule has 228 valence electrons. The predicted molar refractivity (Wildman–Crippen MR) is 190 cm³/mol. The van der Waals surface area contributed by atoms with Gasteiger partial charge < -0.3 is 0 Å². The van der Waals surface area contributed by atoms with Crippen molar-refractivity contribution in [1.82, 2.24) is 0 Å². The molecule has 0 N–H and O–H groups in total. The Morgan fingerprint density at radius 2 is 1.73 bits per heavy atom. The van der Waals surface area contributed by atoms with E-state index in [9.17, 15) is 0 Å². The maximum Gasteiger partial charge on any atom is 0.0340 e. The molecule has 1 fully saturated rings. The molecule has 0 amide bonds. The summed E-state index contributed by atoms with van der Waals surface area (Å²) in [5, 5.41) is 1.16. The first-order valence-corrected chi connectivity index (χ1v) is 18.9. The molecule has 0 spiro atoms. The lowest BCUT2D eigenvalue weighted by molar-refractivity contribution is 0.256. The van der Waals surface area contributed by atoms with Crippen molar-refractivity contribution in [2.75, 3.05) is 0 Å². The minimum atomic E-state index is 0.557. The third kappa shape index (κ3) is 4.79. The lowest BCUT2D eigenvalue weighted by Crippen LogP contribution is -2.36. The molecule has 0 saturated carbocycles. The van der Waals surface area contributed by atoms with Gasteiger partial charge in [-0.05, 0) is 103 Å². The summed E-state index contributed by atoms with van der Waals surface area (Å²) in [7, 11) is 0. The molecular formula is C43H50S. The smallest absolute Gasteiger partial charge is 0.0340 e. The van der Waals surface area contributed by atoms with E-state index in [2.05, 4.69) is 124 Å². The molecule has 10 atom stereocenters. The number of rotatable bonds is 5. The van der Waals surface area contributed by atoms with Gasteiger partial charge in [0.05, 0.1) is 0 Å². The highest BCUT2D eigenvalue weighted by atomic mass is 32.2. The van der Waals surface area contributed by atoms with E-state index in [-0.39, 0.29) is 0 Å². The number of benzene rings is 1. The first kappa shape index (κ1) is 28.9. The predicted octanol–water partition coefficient (Wildman–Crippen LogP) is 11.5. The van der Waals surface area contributed by atoms with Gasteiger partial charge in [0.1, 0.15) is 0 Å². The zero-order valence-corrected chi connectivity index (χ0v) is 27.8. The first-order chi connectivity index (χ1) is 21.6.